The zero-order valence-corrected chi connectivity index (χ0v) is 6.95. The minimum absolute atomic E-state index is 0.222. The van der Waals surface area contributed by atoms with Crippen LogP contribution in [0.15, 0.2) is 24.4 Å². The van der Waals surface area contributed by atoms with Crippen LogP contribution in [0.2, 0.25) is 0 Å². The van der Waals surface area contributed by atoms with Gasteiger partial charge in [-0.15, -0.1) is 0 Å². The van der Waals surface area contributed by atoms with Gasteiger partial charge in [0.1, 0.15) is 12.0 Å². The molecule has 0 radical (unpaired) electrons. The van der Waals surface area contributed by atoms with E-state index in [1.54, 1.807) is 24.4 Å². The van der Waals surface area contributed by atoms with Gasteiger partial charge in [-0.25, -0.2) is 0 Å². The predicted molar refractivity (Wildman–Crippen MR) is 49.7 cm³/mol. The van der Waals surface area contributed by atoms with Crippen molar-refractivity contribution in [2.45, 2.75) is 6.42 Å². The van der Waals surface area contributed by atoms with Gasteiger partial charge >= 0.3 is 0 Å². The fourth-order valence-corrected chi connectivity index (χ4v) is 1.43. The number of rotatable bonds is 2. The highest BCUT2D eigenvalue weighted by molar-refractivity contribution is 5.86. The van der Waals surface area contributed by atoms with Crippen molar-refractivity contribution in [1.29, 1.82) is 0 Å². The largest absolute Gasteiger partial charge is 0.508 e. The van der Waals surface area contributed by atoms with Crippen LogP contribution in [0.25, 0.3) is 10.9 Å². The third-order valence-electron chi connectivity index (χ3n) is 2.05. The number of H-pyrrole nitrogens is 1. The third kappa shape index (κ3) is 1.28. The summed E-state index contributed by atoms with van der Waals surface area (Å²) in [6.07, 6.45) is 3.02. The first-order valence-electron chi connectivity index (χ1n) is 4.04. The molecule has 1 aromatic carbocycles. The average molecular weight is 175 g/mol. The highest BCUT2D eigenvalue weighted by Gasteiger charge is 2.02. The Balaban J connectivity index is 2.64. The first-order valence-corrected chi connectivity index (χ1v) is 4.04. The van der Waals surface area contributed by atoms with Crippen LogP contribution >= 0.6 is 0 Å². The lowest BCUT2D eigenvalue weighted by atomic mass is 10.1. The van der Waals surface area contributed by atoms with Crippen molar-refractivity contribution in [3.63, 3.8) is 0 Å². The Morgan fingerprint density at radius 3 is 3.08 bits per heavy atom. The molecule has 1 heterocycles. The number of carbonyl (C=O) groups is 1. The summed E-state index contributed by atoms with van der Waals surface area (Å²) in [4.78, 5) is 13.4. The van der Waals surface area contributed by atoms with Gasteiger partial charge in [0.2, 0.25) is 0 Å². The maximum absolute atomic E-state index is 10.3. The Hall–Kier alpha value is -1.77. The van der Waals surface area contributed by atoms with E-state index in [9.17, 15) is 9.90 Å². The second-order valence-electron chi connectivity index (χ2n) is 2.91. The molecule has 0 aliphatic carbocycles. The zero-order chi connectivity index (χ0) is 9.26. The maximum Gasteiger partial charge on any atom is 0.124 e. The minimum atomic E-state index is 0.222. The molecule has 0 atom stereocenters. The number of phenolic OH excluding ortho intramolecular Hbond substituents is 1. The van der Waals surface area contributed by atoms with Gasteiger partial charge in [0.05, 0.1) is 0 Å². The molecule has 0 spiro atoms. The molecule has 66 valence electrons. The van der Waals surface area contributed by atoms with Gasteiger partial charge in [0.15, 0.2) is 0 Å². The van der Waals surface area contributed by atoms with Crippen molar-refractivity contribution in [1.82, 2.24) is 4.98 Å². The van der Waals surface area contributed by atoms with Crippen molar-refractivity contribution in [3.05, 3.63) is 30.0 Å². The molecular weight excluding hydrogens is 166 g/mol. The maximum atomic E-state index is 10.3. The Kier molecular flexibility index (Phi) is 1.77. The summed E-state index contributed by atoms with van der Waals surface area (Å²) in [5.41, 5.74) is 1.86. The molecule has 1 aromatic heterocycles. The van der Waals surface area contributed by atoms with Crippen LogP contribution in [0.4, 0.5) is 0 Å². The molecule has 0 unspecified atom stereocenters. The monoisotopic (exact) mass is 175 g/mol. The molecule has 2 rings (SSSR count). The van der Waals surface area contributed by atoms with Gasteiger partial charge in [-0.05, 0) is 23.8 Å². The van der Waals surface area contributed by atoms with E-state index >= 15 is 0 Å². The number of aromatic amines is 1. The lowest BCUT2D eigenvalue weighted by molar-refractivity contribution is -0.107. The lowest BCUT2D eigenvalue weighted by Gasteiger charge is -1.94. The van der Waals surface area contributed by atoms with Crippen LogP contribution in [0.1, 0.15) is 5.56 Å². The zero-order valence-electron chi connectivity index (χ0n) is 6.95. The number of hydrogen-bond acceptors (Lipinski definition) is 2. The Morgan fingerprint density at radius 1 is 1.46 bits per heavy atom. The van der Waals surface area contributed by atoms with E-state index < -0.39 is 0 Å². The number of benzene rings is 1. The number of phenols is 1. The summed E-state index contributed by atoms with van der Waals surface area (Å²) in [5, 5.41) is 10.1. The van der Waals surface area contributed by atoms with E-state index in [-0.39, 0.29) is 5.75 Å². The van der Waals surface area contributed by atoms with Crippen LogP contribution in [0.3, 0.4) is 0 Å². The smallest absolute Gasteiger partial charge is 0.124 e. The number of hydrogen-bond donors (Lipinski definition) is 2. The lowest BCUT2D eigenvalue weighted by Crippen LogP contribution is -1.81. The number of nitrogens with one attached hydrogen (secondary N) is 1. The first-order chi connectivity index (χ1) is 6.31. The number of carbonyl (C=O) groups excluding carboxylic acids is 1. The fourth-order valence-electron chi connectivity index (χ4n) is 1.43. The van der Waals surface area contributed by atoms with Crippen molar-refractivity contribution in [2.75, 3.05) is 0 Å². The van der Waals surface area contributed by atoms with Crippen LogP contribution in [-0.4, -0.2) is 16.4 Å². The highest BCUT2D eigenvalue weighted by atomic mass is 16.3. The molecule has 0 saturated heterocycles. The van der Waals surface area contributed by atoms with Gasteiger partial charge in [0, 0.05) is 23.5 Å². The summed E-state index contributed by atoms with van der Waals surface area (Å²) < 4.78 is 0. The van der Waals surface area contributed by atoms with E-state index in [1.807, 2.05) is 0 Å². The van der Waals surface area contributed by atoms with Crippen LogP contribution < -0.4 is 0 Å². The Bertz CT molecular complexity index is 445. The minimum Gasteiger partial charge on any atom is -0.508 e. The van der Waals surface area contributed by atoms with Crippen LogP contribution in [0, 0.1) is 0 Å². The number of aromatic nitrogens is 1. The summed E-state index contributed by atoms with van der Waals surface area (Å²) in [7, 11) is 0. The molecule has 0 saturated carbocycles. The van der Waals surface area contributed by atoms with Gasteiger partial charge in [0.25, 0.3) is 0 Å². The quantitative estimate of drug-likeness (QED) is 0.681. The second-order valence-corrected chi connectivity index (χ2v) is 2.91. The van der Waals surface area contributed by atoms with Gasteiger partial charge in [-0.3, -0.25) is 0 Å². The highest BCUT2D eigenvalue weighted by Crippen LogP contribution is 2.22. The van der Waals surface area contributed by atoms with Gasteiger partial charge in [-0.2, -0.15) is 0 Å². The van der Waals surface area contributed by atoms with Gasteiger partial charge < -0.3 is 14.9 Å². The van der Waals surface area contributed by atoms with Crippen LogP contribution in [0.5, 0.6) is 5.75 Å². The Morgan fingerprint density at radius 2 is 2.31 bits per heavy atom. The molecule has 2 N–H and O–H groups in total. The summed E-state index contributed by atoms with van der Waals surface area (Å²) in [6, 6.07) is 5.06. The summed E-state index contributed by atoms with van der Waals surface area (Å²) >= 11 is 0. The number of fused-ring (bicyclic) bond motifs is 1. The van der Waals surface area contributed by atoms with E-state index in [0.717, 1.165) is 22.8 Å². The topological polar surface area (TPSA) is 53.1 Å². The van der Waals surface area contributed by atoms with E-state index in [2.05, 4.69) is 4.98 Å². The molecule has 0 amide bonds. The summed E-state index contributed by atoms with van der Waals surface area (Å²) in [5.74, 6) is 0.222. The van der Waals surface area contributed by atoms with E-state index in [0.29, 0.717) is 6.42 Å². The molecule has 13 heavy (non-hydrogen) atoms. The fraction of sp³-hybridized carbons (Fsp3) is 0.100. The van der Waals surface area contributed by atoms with E-state index in [4.69, 9.17) is 0 Å². The first kappa shape index (κ1) is 7.86. The standard InChI is InChI=1S/C10H9NO2/c12-4-3-7-6-11-10-2-1-8(13)5-9(7)10/h1-2,4-6,11,13H,3H2. The van der Waals surface area contributed by atoms with Crippen molar-refractivity contribution >= 4 is 17.2 Å². The molecule has 3 nitrogen and oxygen atoms in total. The molecule has 2 aromatic rings. The summed E-state index contributed by atoms with van der Waals surface area (Å²) in [6.45, 7) is 0. The van der Waals surface area contributed by atoms with E-state index in [1.165, 1.54) is 0 Å². The van der Waals surface area contributed by atoms with Gasteiger partial charge in [-0.1, -0.05) is 0 Å². The molecule has 3 heteroatoms. The number of aromatic hydroxyl groups is 1. The second kappa shape index (κ2) is 2.94. The van der Waals surface area contributed by atoms with Crippen molar-refractivity contribution in [3.8, 4) is 5.75 Å². The Labute approximate surface area is 75.0 Å². The molecule has 0 fully saturated rings. The third-order valence-corrected chi connectivity index (χ3v) is 2.05. The number of aldehydes is 1. The normalized spacial score (nSPS) is 10.5. The average Bonchev–Trinajstić information content (AvgIpc) is 2.49. The molecule has 0 bridgehead atoms. The van der Waals surface area contributed by atoms with Crippen molar-refractivity contribution < 1.29 is 9.90 Å². The SMILES string of the molecule is O=CCc1c[nH]c2ccc(O)cc12. The molecule has 0 aliphatic rings. The predicted octanol–water partition coefficient (Wildman–Crippen LogP) is 1.61. The molecular formula is C10H9NO2. The van der Waals surface area contributed by atoms with Crippen LogP contribution in [-0.2, 0) is 11.2 Å². The van der Waals surface area contributed by atoms with Crippen molar-refractivity contribution in [2.24, 2.45) is 0 Å². The molecule has 0 aliphatic heterocycles.